The molecule has 0 spiro atoms. The largest absolute Gasteiger partial charge is 0.497 e. The molecule has 1 rings (SSSR count). The lowest BCUT2D eigenvalue weighted by atomic mass is 10.2. The summed E-state index contributed by atoms with van der Waals surface area (Å²) in [5, 5.41) is 0. The number of terminal acetylenes is 1. The van der Waals surface area contributed by atoms with Gasteiger partial charge in [0.25, 0.3) is 0 Å². The van der Waals surface area contributed by atoms with Crippen molar-refractivity contribution in [2.45, 2.75) is 0 Å². The monoisotopic (exact) mass is 156 g/mol. The molecule has 0 fully saturated rings. The summed E-state index contributed by atoms with van der Waals surface area (Å²) in [5.41, 5.74) is 0.897. The summed E-state index contributed by atoms with van der Waals surface area (Å²) in [4.78, 5) is 0. The molecule has 1 aromatic carbocycles. The molecule has 0 aliphatic rings. The van der Waals surface area contributed by atoms with Gasteiger partial charge >= 0.3 is 0 Å². The highest BCUT2D eigenvalue weighted by atomic mass is 16.5. The van der Waals surface area contributed by atoms with Crippen molar-refractivity contribution in [2.75, 3.05) is 7.11 Å². The third-order valence-corrected chi connectivity index (χ3v) is 1.37. The Kier molecular flexibility index (Phi) is 2.82. The Balaban J connectivity index is 2.87. The molecule has 1 aromatic rings. The van der Waals surface area contributed by atoms with Crippen molar-refractivity contribution in [1.29, 1.82) is 0 Å². The lowest BCUT2D eigenvalue weighted by Crippen LogP contribution is -1.81. The third kappa shape index (κ3) is 2.08. The Morgan fingerprint density at radius 2 is 1.92 bits per heavy atom. The van der Waals surface area contributed by atoms with Crippen LogP contribution in [0, 0.1) is 24.2 Å². The van der Waals surface area contributed by atoms with Gasteiger partial charge in [0.15, 0.2) is 0 Å². The van der Waals surface area contributed by atoms with Crippen molar-refractivity contribution in [3.63, 3.8) is 0 Å². The lowest BCUT2D eigenvalue weighted by Gasteiger charge is -1.96. The molecule has 12 heavy (non-hydrogen) atoms. The average Bonchev–Trinajstić information content (AvgIpc) is 2.15. The van der Waals surface area contributed by atoms with Crippen molar-refractivity contribution in [1.82, 2.24) is 0 Å². The second-order valence-electron chi connectivity index (χ2n) is 2.12. The standard InChI is InChI=1S/C11H8O/c1-3-4-5-10-6-8-11(12-2)9-7-10/h1,6-9H,2H3. The normalized spacial score (nSPS) is 7.67. The maximum atomic E-state index is 4.99. The van der Waals surface area contributed by atoms with E-state index in [1.54, 1.807) is 7.11 Å². The number of hydrogen-bond donors (Lipinski definition) is 0. The van der Waals surface area contributed by atoms with Crippen molar-refractivity contribution >= 4 is 0 Å². The Hall–Kier alpha value is -1.86. The summed E-state index contributed by atoms with van der Waals surface area (Å²) >= 11 is 0. The molecule has 0 aromatic heterocycles. The summed E-state index contributed by atoms with van der Waals surface area (Å²) in [7, 11) is 1.63. The molecule has 0 bridgehead atoms. The summed E-state index contributed by atoms with van der Waals surface area (Å²) in [6.07, 6.45) is 4.98. The van der Waals surface area contributed by atoms with Gasteiger partial charge in [0.1, 0.15) is 5.75 Å². The molecular formula is C11H8O. The number of rotatable bonds is 1. The van der Waals surface area contributed by atoms with Crippen molar-refractivity contribution < 1.29 is 4.74 Å². The molecule has 58 valence electrons. The molecule has 0 atom stereocenters. The Bertz CT molecular complexity index is 343. The van der Waals surface area contributed by atoms with E-state index in [-0.39, 0.29) is 0 Å². The molecule has 0 aliphatic carbocycles. The van der Waals surface area contributed by atoms with Gasteiger partial charge in [-0.25, -0.2) is 0 Å². The molecule has 0 saturated heterocycles. The Morgan fingerprint density at radius 3 is 2.42 bits per heavy atom. The van der Waals surface area contributed by atoms with Gasteiger partial charge in [-0.3, -0.25) is 0 Å². The van der Waals surface area contributed by atoms with Crippen LogP contribution in [0.4, 0.5) is 0 Å². The highest BCUT2D eigenvalue weighted by Crippen LogP contribution is 2.09. The molecular weight excluding hydrogens is 148 g/mol. The summed E-state index contributed by atoms with van der Waals surface area (Å²) in [6, 6.07) is 7.42. The molecule has 0 saturated carbocycles. The van der Waals surface area contributed by atoms with Crippen LogP contribution in [0.15, 0.2) is 24.3 Å². The molecule has 0 amide bonds. The van der Waals surface area contributed by atoms with Crippen LogP contribution in [0.3, 0.4) is 0 Å². The molecule has 0 heterocycles. The zero-order chi connectivity index (χ0) is 8.81. The number of ether oxygens (including phenoxy) is 1. The highest BCUT2D eigenvalue weighted by Gasteiger charge is 1.88. The lowest BCUT2D eigenvalue weighted by molar-refractivity contribution is 0.415. The van der Waals surface area contributed by atoms with Crippen LogP contribution in [-0.2, 0) is 0 Å². The van der Waals surface area contributed by atoms with Gasteiger partial charge in [-0.1, -0.05) is 5.92 Å². The SMILES string of the molecule is C#CC#Cc1ccc(OC)cc1. The quantitative estimate of drug-likeness (QED) is 0.562. The smallest absolute Gasteiger partial charge is 0.118 e. The molecule has 0 aliphatic heterocycles. The van der Waals surface area contributed by atoms with E-state index in [4.69, 9.17) is 11.2 Å². The number of hydrogen-bond acceptors (Lipinski definition) is 1. The fourth-order valence-corrected chi connectivity index (χ4v) is 0.783. The second kappa shape index (κ2) is 4.11. The molecule has 1 heteroatoms. The van der Waals surface area contributed by atoms with Crippen LogP contribution >= 0.6 is 0 Å². The Labute approximate surface area is 72.4 Å². The van der Waals surface area contributed by atoms with Gasteiger partial charge in [0.05, 0.1) is 7.11 Å². The number of benzene rings is 1. The van der Waals surface area contributed by atoms with Gasteiger partial charge < -0.3 is 4.74 Å². The maximum Gasteiger partial charge on any atom is 0.118 e. The zero-order valence-electron chi connectivity index (χ0n) is 6.79. The zero-order valence-corrected chi connectivity index (χ0v) is 6.79. The molecule has 0 unspecified atom stereocenters. The van der Waals surface area contributed by atoms with Gasteiger partial charge in [0.2, 0.25) is 0 Å². The van der Waals surface area contributed by atoms with Gasteiger partial charge in [-0.2, -0.15) is 0 Å². The number of methoxy groups -OCH3 is 1. The van der Waals surface area contributed by atoms with E-state index in [1.807, 2.05) is 24.3 Å². The van der Waals surface area contributed by atoms with Crippen molar-refractivity contribution in [2.24, 2.45) is 0 Å². The van der Waals surface area contributed by atoms with Gasteiger partial charge in [-0.05, 0) is 36.1 Å². The van der Waals surface area contributed by atoms with Crippen LogP contribution < -0.4 is 4.74 Å². The summed E-state index contributed by atoms with van der Waals surface area (Å²) in [6.45, 7) is 0. The van der Waals surface area contributed by atoms with E-state index in [0.717, 1.165) is 11.3 Å². The van der Waals surface area contributed by atoms with E-state index in [9.17, 15) is 0 Å². The van der Waals surface area contributed by atoms with E-state index in [2.05, 4.69) is 17.8 Å². The fraction of sp³-hybridized carbons (Fsp3) is 0.0909. The third-order valence-electron chi connectivity index (χ3n) is 1.37. The Morgan fingerprint density at radius 1 is 1.25 bits per heavy atom. The first-order valence-electron chi connectivity index (χ1n) is 3.47. The maximum absolute atomic E-state index is 4.99. The highest BCUT2D eigenvalue weighted by molar-refractivity contribution is 5.41. The summed E-state index contributed by atoms with van der Waals surface area (Å²) in [5.74, 6) is 8.42. The van der Waals surface area contributed by atoms with E-state index in [1.165, 1.54) is 0 Å². The summed E-state index contributed by atoms with van der Waals surface area (Å²) < 4.78 is 4.99. The first-order valence-corrected chi connectivity index (χ1v) is 3.47. The van der Waals surface area contributed by atoms with E-state index < -0.39 is 0 Å². The van der Waals surface area contributed by atoms with Crippen LogP contribution in [0.1, 0.15) is 5.56 Å². The fourth-order valence-electron chi connectivity index (χ4n) is 0.783. The van der Waals surface area contributed by atoms with Crippen LogP contribution in [-0.4, -0.2) is 7.11 Å². The minimum atomic E-state index is 0.821. The van der Waals surface area contributed by atoms with Crippen molar-refractivity contribution in [3.05, 3.63) is 29.8 Å². The minimum absolute atomic E-state index is 0.821. The first kappa shape index (κ1) is 8.24. The molecule has 0 N–H and O–H groups in total. The van der Waals surface area contributed by atoms with Crippen LogP contribution in [0.25, 0.3) is 0 Å². The predicted molar refractivity (Wildman–Crippen MR) is 48.7 cm³/mol. The molecule has 1 nitrogen and oxygen atoms in total. The molecule has 0 radical (unpaired) electrons. The predicted octanol–water partition coefficient (Wildman–Crippen LogP) is 1.68. The second-order valence-corrected chi connectivity index (χ2v) is 2.12. The van der Waals surface area contributed by atoms with Crippen LogP contribution in [0.2, 0.25) is 0 Å². The van der Waals surface area contributed by atoms with Gasteiger partial charge in [0, 0.05) is 5.56 Å². The first-order chi connectivity index (χ1) is 5.86. The topological polar surface area (TPSA) is 9.23 Å². The van der Waals surface area contributed by atoms with E-state index in [0.29, 0.717) is 0 Å². The van der Waals surface area contributed by atoms with Gasteiger partial charge in [-0.15, -0.1) is 6.42 Å². The van der Waals surface area contributed by atoms with Crippen molar-refractivity contribution in [3.8, 4) is 29.9 Å². The van der Waals surface area contributed by atoms with E-state index >= 15 is 0 Å². The minimum Gasteiger partial charge on any atom is -0.497 e. The average molecular weight is 156 g/mol. The van der Waals surface area contributed by atoms with Crippen LogP contribution in [0.5, 0.6) is 5.75 Å².